The first kappa shape index (κ1) is 10.6. The van der Waals surface area contributed by atoms with Crippen molar-refractivity contribution in [3.05, 3.63) is 16.8 Å². The van der Waals surface area contributed by atoms with Crippen molar-refractivity contribution in [3.8, 4) is 0 Å². The first-order valence-electron chi connectivity index (χ1n) is 5.12. The molecule has 5 heteroatoms. The average molecular weight is 228 g/mol. The van der Waals surface area contributed by atoms with Crippen LogP contribution in [0, 0.1) is 0 Å². The number of hydrogen-bond acceptors (Lipinski definition) is 4. The molecule has 0 aliphatic heterocycles. The fourth-order valence-electron chi connectivity index (χ4n) is 1.41. The van der Waals surface area contributed by atoms with E-state index in [4.69, 9.17) is 16.7 Å². The molecule has 1 aromatic heterocycles. The number of aromatic nitrogens is 2. The molecule has 1 atom stereocenters. The third-order valence-corrected chi connectivity index (χ3v) is 2.67. The highest BCUT2D eigenvalue weighted by molar-refractivity contribution is 6.30. The Balaban J connectivity index is 2.08. The lowest BCUT2D eigenvalue weighted by Gasteiger charge is -2.08. The molecule has 0 amide bonds. The Kier molecular flexibility index (Phi) is 3.07. The molecule has 4 nitrogen and oxygen atoms in total. The minimum atomic E-state index is -0.396. The van der Waals surface area contributed by atoms with E-state index < -0.39 is 6.10 Å². The number of aliphatic hydroxyl groups excluding tert-OH is 1. The summed E-state index contributed by atoms with van der Waals surface area (Å²) >= 11 is 5.94. The van der Waals surface area contributed by atoms with E-state index in [1.807, 2.05) is 6.07 Å². The zero-order chi connectivity index (χ0) is 10.8. The van der Waals surface area contributed by atoms with Crippen LogP contribution in [0.4, 0.5) is 5.82 Å². The van der Waals surface area contributed by atoms with Gasteiger partial charge in [0.15, 0.2) is 5.15 Å². The van der Waals surface area contributed by atoms with Gasteiger partial charge in [0.2, 0.25) is 0 Å². The first-order valence-corrected chi connectivity index (χ1v) is 5.49. The van der Waals surface area contributed by atoms with Gasteiger partial charge in [0.05, 0.1) is 6.10 Å². The highest BCUT2D eigenvalue weighted by atomic mass is 35.5. The molecule has 15 heavy (non-hydrogen) atoms. The molecule has 1 aliphatic rings. The van der Waals surface area contributed by atoms with Gasteiger partial charge in [0, 0.05) is 6.54 Å². The largest absolute Gasteiger partial charge is 0.392 e. The molecule has 2 rings (SSSR count). The highest BCUT2D eigenvalue weighted by Gasteiger charge is 2.27. The fraction of sp³-hybridized carbons (Fsp3) is 0.600. The van der Waals surface area contributed by atoms with Crippen LogP contribution in [-0.4, -0.2) is 28.0 Å². The molecule has 1 fully saturated rings. The molecule has 0 saturated heterocycles. The Morgan fingerprint density at radius 1 is 1.60 bits per heavy atom. The second kappa shape index (κ2) is 4.33. The summed E-state index contributed by atoms with van der Waals surface area (Å²) in [5.41, 5.74) is 1.07. The van der Waals surface area contributed by atoms with Gasteiger partial charge in [-0.25, -0.2) is 0 Å². The SMILES string of the molecule is C[C@@H](O)CNc1cc(C2CC2)c(Cl)nn1. The molecular formula is C10H14ClN3O. The zero-order valence-corrected chi connectivity index (χ0v) is 9.33. The van der Waals surface area contributed by atoms with E-state index in [9.17, 15) is 0 Å². The number of halogens is 1. The van der Waals surface area contributed by atoms with Crippen molar-refractivity contribution >= 4 is 17.4 Å². The third kappa shape index (κ3) is 2.79. The smallest absolute Gasteiger partial charge is 0.155 e. The van der Waals surface area contributed by atoms with Gasteiger partial charge in [-0.3, -0.25) is 0 Å². The van der Waals surface area contributed by atoms with Crippen LogP contribution >= 0.6 is 11.6 Å². The van der Waals surface area contributed by atoms with Crippen LogP contribution in [0.1, 0.15) is 31.2 Å². The summed E-state index contributed by atoms with van der Waals surface area (Å²) in [4.78, 5) is 0. The van der Waals surface area contributed by atoms with Gasteiger partial charge >= 0.3 is 0 Å². The number of aliphatic hydroxyl groups is 1. The molecule has 1 heterocycles. The van der Waals surface area contributed by atoms with Gasteiger partial charge in [0.1, 0.15) is 5.82 Å². The zero-order valence-electron chi connectivity index (χ0n) is 8.57. The Bertz CT molecular complexity index is 353. The van der Waals surface area contributed by atoms with E-state index in [0.717, 1.165) is 5.56 Å². The third-order valence-electron chi connectivity index (χ3n) is 2.37. The van der Waals surface area contributed by atoms with E-state index >= 15 is 0 Å². The maximum atomic E-state index is 9.12. The van der Waals surface area contributed by atoms with E-state index in [0.29, 0.717) is 23.4 Å². The lowest BCUT2D eigenvalue weighted by molar-refractivity contribution is 0.208. The first-order chi connectivity index (χ1) is 7.16. The van der Waals surface area contributed by atoms with Crippen molar-refractivity contribution in [1.29, 1.82) is 0 Å². The van der Waals surface area contributed by atoms with E-state index in [-0.39, 0.29) is 0 Å². The molecule has 0 spiro atoms. The second-order valence-electron chi connectivity index (χ2n) is 3.98. The van der Waals surface area contributed by atoms with Gasteiger partial charge in [-0.05, 0) is 37.3 Å². The number of hydrogen-bond donors (Lipinski definition) is 2. The van der Waals surface area contributed by atoms with Gasteiger partial charge in [-0.1, -0.05) is 11.6 Å². The van der Waals surface area contributed by atoms with Crippen molar-refractivity contribution in [3.63, 3.8) is 0 Å². The average Bonchev–Trinajstić information content (AvgIpc) is 3.00. The van der Waals surface area contributed by atoms with Crippen molar-refractivity contribution in [2.24, 2.45) is 0 Å². The topological polar surface area (TPSA) is 58.0 Å². The molecule has 1 saturated carbocycles. The normalized spacial score (nSPS) is 17.5. The molecule has 1 aromatic rings. The van der Waals surface area contributed by atoms with E-state index in [1.54, 1.807) is 6.92 Å². The Labute approximate surface area is 93.7 Å². The molecular weight excluding hydrogens is 214 g/mol. The summed E-state index contributed by atoms with van der Waals surface area (Å²) in [6.45, 7) is 2.19. The molecule has 0 radical (unpaired) electrons. The highest BCUT2D eigenvalue weighted by Crippen LogP contribution is 2.42. The Hall–Kier alpha value is -0.870. The summed E-state index contributed by atoms with van der Waals surface area (Å²) in [6, 6.07) is 1.93. The predicted molar refractivity (Wildman–Crippen MR) is 59.2 cm³/mol. The molecule has 0 aromatic carbocycles. The van der Waals surface area contributed by atoms with Crippen molar-refractivity contribution in [2.75, 3.05) is 11.9 Å². The van der Waals surface area contributed by atoms with E-state index in [2.05, 4.69) is 15.5 Å². The van der Waals surface area contributed by atoms with Crippen LogP contribution in [-0.2, 0) is 0 Å². The lowest BCUT2D eigenvalue weighted by Crippen LogP contribution is -2.16. The number of nitrogens with zero attached hydrogens (tertiary/aromatic N) is 2. The van der Waals surface area contributed by atoms with Gasteiger partial charge < -0.3 is 10.4 Å². The summed E-state index contributed by atoms with van der Waals surface area (Å²) in [5, 5.41) is 20.4. The predicted octanol–water partition coefficient (Wildman–Crippen LogP) is 1.80. The van der Waals surface area contributed by atoms with Gasteiger partial charge in [-0.2, -0.15) is 0 Å². The second-order valence-corrected chi connectivity index (χ2v) is 4.34. The van der Waals surface area contributed by atoms with Crippen LogP contribution in [0.2, 0.25) is 5.15 Å². The van der Waals surface area contributed by atoms with Crippen molar-refractivity contribution < 1.29 is 5.11 Å². The van der Waals surface area contributed by atoms with Crippen LogP contribution in [0.5, 0.6) is 0 Å². The van der Waals surface area contributed by atoms with Crippen molar-refractivity contribution in [2.45, 2.75) is 31.8 Å². The van der Waals surface area contributed by atoms with Crippen LogP contribution < -0.4 is 5.32 Å². The van der Waals surface area contributed by atoms with Crippen LogP contribution in [0.3, 0.4) is 0 Å². The molecule has 0 unspecified atom stereocenters. The summed E-state index contributed by atoms with van der Waals surface area (Å²) in [7, 11) is 0. The maximum absolute atomic E-state index is 9.12. The lowest BCUT2D eigenvalue weighted by atomic mass is 10.2. The quantitative estimate of drug-likeness (QED) is 0.824. The molecule has 2 N–H and O–H groups in total. The Morgan fingerprint density at radius 2 is 2.33 bits per heavy atom. The summed E-state index contributed by atoms with van der Waals surface area (Å²) in [5.74, 6) is 1.24. The monoisotopic (exact) mass is 227 g/mol. The standard InChI is InChI=1S/C10H14ClN3O/c1-6(15)5-12-9-4-8(7-2-3-7)10(11)14-13-9/h4,6-7,15H,2-3,5H2,1H3,(H,12,13)/t6-/m1/s1. The van der Waals surface area contributed by atoms with Gasteiger partial charge in [0.25, 0.3) is 0 Å². The summed E-state index contributed by atoms with van der Waals surface area (Å²) in [6.07, 6.45) is 1.97. The molecule has 1 aliphatic carbocycles. The maximum Gasteiger partial charge on any atom is 0.155 e. The van der Waals surface area contributed by atoms with E-state index in [1.165, 1.54) is 12.8 Å². The van der Waals surface area contributed by atoms with Crippen LogP contribution in [0.25, 0.3) is 0 Å². The number of anilines is 1. The van der Waals surface area contributed by atoms with Gasteiger partial charge in [-0.15, -0.1) is 10.2 Å². The number of nitrogens with one attached hydrogen (secondary N) is 1. The van der Waals surface area contributed by atoms with Crippen molar-refractivity contribution in [1.82, 2.24) is 10.2 Å². The minimum absolute atomic E-state index is 0.396. The van der Waals surface area contributed by atoms with Crippen LogP contribution in [0.15, 0.2) is 6.07 Å². The fourth-order valence-corrected chi connectivity index (χ4v) is 1.66. The molecule has 0 bridgehead atoms. The minimum Gasteiger partial charge on any atom is -0.392 e. The summed E-state index contributed by atoms with van der Waals surface area (Å²) < 4.78 is 0. The number of rotatable bonds is 4. The molecule has 82 valence electrons. The Morgan fingerprint density at radius 3 is 2.93 bits per heavy atom.